The van der Waals surface area contributed by atoms with Crippen LogP contribution in [0, 0.1) is 16.7 Å². The van der Waals surface area contributed by atoms with Crippen molar-refractivity contribution in [1.29, 1.82) is 0 Å². The Balaban J connectivity index is 1.03. The molecule has 6 aliphatic rings. The molecule has 2 N–H and O–H groups in total. The van der Waals surface area contributed by atoms with Gasteiger partial charge in [0.15, 0.2) is 0 Å². The predicted octanol–water partition coefficient (Wildman–Crippen LogP) is 7.44. The molecule has 1 saturated carbocycles. The Bertz CT molecular complexity index is 2390. The maximum Gasteiger partial charge on any atom is 0.410 e. The van der Waals surface area contributed by atoms with Crippen molar-refractivity contribution in [2.24, 2.45) is 16.7 Å². The van der Waals surface area contributed by atoms with Gasteiger partial charge in [-0.2, -0.15) is 0 Å². The van der Waals surface area contributed by atoms with Crippen LogP contribution in [0.4, 0.5) is 10.5 Å². The minimum Gasteiger partial charge on any atom is -0.464 e. The molecule has 1 aromatic carbocycles. The number of cyclic esters (lactones) is 1. The molecule has 5 aliphatic heterocycles. The number of hydrogen-bond donors (Lipinski definition) is 2. The fourth-order valence-corrected chi connectivity index (χ4v) is 12.4. The Labute approximate surface area is 409 Å². The fraction of sp³-hybridized carbons (Fsp3) is 0.685. The van der Waals surface area contributed by atoms with Gasteiger partial charge in [-0.15, -0.1) is 0 Å². The number of hydrazine groups is 1. The van der Waals surface area contributed by atoms with Crippen LogP contribution in [-0.4, -0.2) is 137 Å². The molecule has 9 rings (SSSR count). The highest BCUT2D eigenvalue weighted by Gasteiger charge is 2.50. The first-order valence-corrected chi connectivity index (χ1v) is 26.1. The minimum atomic E-state index is -0.901. The van der Waals surface area contributed by atoms with Crippen LogP contribution >= 0.6 is 0 Å². The van der Waals surface area contributed by atoms with Gasteiger partial charge in [0.1, 0.15) is 17.7 Å². The number of benzene rings is 1. The molecule has 7 heterocycles. The van der Waals surface area contributed by atoms with Crippen molar-refractivity contribution < 1.29 is 33.4 Å². The number of carbonyl (C=O) groups is 4. The summed E-state index contributed by atoms with van der Waals surface area (Å²) < 4.78 is 20.9. The molecule has 0 radical (unpaired) electrons. The second-order valence-corrected chi connectivity index (χ2v) is 23.2. The smallest absolute Gasteiger partial charge is 0.410 e. The molecule has 376 valence electrons. The second-order valence-electron chi connectivity index (χ2n) is 23.2. The number of aryl methyl sites for hydroxylation is 1. The number of morpholine rings is 1. The van der Waals surface area contributed by atoms with Crippen LogP contribution in [-0.2, 0) is 41.6 Å². The van der Waals surface area contributed by atoms with Gasteiger partial charge in [-0.1, -0.05) is 40.5 Å². The third-order valence-corrected chi connectivity index (χ3v) is 15.8. The predicted molar refractivity (Wildman–Crippen MR) is 267 cm³/mol. The summed E-state index contributed by atoms with van der Waals surface area (Å²) in [7, 11) is 0. The molecule has 0 unspecified atom stereocenters. The molecule has 2 aromatic heterocycles. The molecule has 4 saturated heterocycles. The van der Waals surface area contributed by atoms with E-state index in [0.29, 0.717) is 65.1 Å². The third-order valence-electron chi connectivity index (χ3n) is 15.8. The van der Waals surface area contributed by atoms with Crippen LogP contribution in [0.25, 0.3) is 22.2 Å². The highest BCUT2D eigenvalue weighted by atomic mass is 16.6. The molecule has 1 spiro atoms. The van der Waals surface area contributed by atoms with Crippen molar-refractivity contribution in [3.63, 3.8) is 0 Å². The summed E-state index contributed by atoms with van der Waals surface area (Å²) in [6.07, 6.45) is 9.12. The summed E-state index contributed by atoms with van der Waals surface area (Å²) in [4.78, 5) is 68.7. The molecule has 15 nitrogen and oxygen atoms in total. The molecular formula is C54H78N8O7. The number of ether oxygens (including phenoxy) is 3. The van der Waals surface area contributed by atoms with Crippen molar-refractivity contribution >= 4 is 40.5 Å². The number of rotatable bonds is 7. The average Bonchev–Trinajstić information content (AvgIpc) is 4.15. The fourth-order valence-electron chi connectivity index (χ4n) is 12.4. The summed E-state index contributed by atoms with van der Waals surface area (Å²) >= 11 is 0. The molecule has 1 aliphatic carbocycles. The minimum absolute atomic E-state index is 0.111. The van der Waals surface area contributed by atoms with Gasteiger partial charge in [-0.3, -0.25) is 29.3 Å². The third kappa shape index (κ3) is 10.5. The number of carbonyl (C=O) groups excluding carboxylic acids is 4. The summed E-state index contributed by atoms with van der Waals surface area (Å²) in [5.41, 5.74) is 8.90. The maximum absolute atomic E-state index is 15.1. The van der Waals surface area contributed by atoms with Gasteiger partial charge in [0, 0.05) is 91.4 Å². The topological polar surface area (TPSA) is 151 Å². The largest absolute Gasteiger partial charge is 0.464 e. The van der Waals surface area contributed by atoms with Crippen LogP contribution < -0.4 is 15.6 Å². The molecular weight excluding hydrogens is 873 g/mol. The molecule has 3 aromatic rings. The van der Waals surface area contributed by atoms with E-state index in [1.165, 1.54) is 5.56 Å². The van der Waals surface area contributed by atoms with Gasteiger partial charge in [-0.05, 0) is 127 Å². The number of likely N-dealkylation sites (tertiary alicyclic amines) is 2. The first kappa shape index (κ1) is 49.3. The quantitative estimate of drug-likeness (QED) is 0.228. The maximum atomic E-state index is 15.1. The van der Waals surface area contributed by atoms with Crippen molar-refractivity contribution in [3.05, 3.63) is 47.8 Å². The zero-order chi connectivity index (χ0) is 48.8. The van der Waals surface area contributed by atoms with Gasteiger partial charge >= 0.3 is 12.1 Å². The molecule has 6 bridgehead atoms. The zero-order valence-electron chi connectivity index (χ0n) is 42.6. The van der Waals surface area contributed by atoms with E-state index in [-0.39, 0.29) is 60.3 Å². The van der Waals surface area contributed by atoms with Gasteiger partial charge in [0.25, 0.3) is 5.91 Å². The Morgan fingerprint density at radius 1 is 1.00 bits per heavy atom. The number of nitrogens with one attached hydrogen (secondary N) is 2. The Morgan fingerprint density at radius 2 is 1.78 bits per heavy atom. The number of esters is 1. The first-order valence-electron chi connectivity index (χ1n) is 26.1. The van der Waals surface area contributed by atoms with Crippen LogP contribution in [0.2, 0.25) is 0 Å². The standard InChI is InChI=1S/C54H78N8O7/c1-9-61-44-19-18-37-28-40(44)41(47(61)39-16-12-22-55-45(39)35(2)3)30-53(7,8)34-68-50(65)42-17-13-23-62(57-42)49(64)43(29-38-31-58(37)26-27-67-38)56-48(63)46(36-14-10-11-15-36)59-24-20-54(32-59)21-25-60(33-54)51(66)69-52(4,5)6/h12,16,18-19,22,28,35-36,38,42-43,46,57H,9-11,13-15,17,20-21,23-27,29-34H2,1-8H3,(H,56,63)/t38-,42-,43-,46-,54-/m0/s1. The van der Waals surface area contributed by atoms with Crippen LogP contribution in [0.15, 0.2) is 36.5 Å². The van der Waals surface area contributed by atoms with E-state index in [9.17, 15) is 14.4 Å². The van der Waals surface area contributed by atoms with Crippen LogP contribution in [0.3, 0.4) is 0 Å². The van der Waals surface area contributed by atoms with Crippen molar-refractivity contribution in [3.8, 4) is 11.3 Å². The SMILES string of the molecule is CCn1c(-c2cccnc2C(C)C)c2c3cc(ccc31)N1CCO[C@@H](C[C@H](NC(=O)[C@H](C3CCCC3)N3CC[C@]4(CCN(C(=O)OC(C)(C)C)C4)C3)C(=O)N3CCC[C@H](N3)C(=O)OCC(C)(C)C2)C1. The summed E-state index contributed by atoms with van der Waals surface area (Å²) in [5.74, 6) is -0.416. The van der Waals surface area contributed by atoms with Gasteiger partial charge in [-0.25, -0.2) is 10.2 Å². The lowest BCUT2D eigenvalue weighted by atomic mass is 9.84. The summed E-state index contributed by atoms with van der Waals surface area (Å²) in [5, 5.41) is 6.06. The number of fused-ring (bicyclic) bond motifs is 6. The van der Waals surface area contributed by atoms with Gasteiger partial charge in [0.2, 0.25) is 5.91 Å². The lowest BCUT2D eigenvalue weighted by Crippen LogP contribution is -2.62. The van der Waals surface area contributed by atoms with E-state index in [1.54, 1.807) is 5.01 Å². The number of aromatic nitrogens is 2. The molecule has 69 heavy (non-hydrogen) atoms. The number of nitrogens with zero attached hydrogens (tertiary/aromatic N) is 6. The van der Waals surface area contributed by atoms with E-state index in [1.807, 2.05) is 37.9 Å². The first-order chi connectivity index (χ1) is 32.9. The average molecular weight is 951 g/mol. The molecule has 5 fully saturated rings. The number of amides is 3. The lowest BCUT2D eigenvalue weighted by Gasteiger charge is -2.39. The summed E-state index contributed by atoms with van der Waals surface area (Å²) in [6.45, 7) is 22.4. The lowest BCUT2D eigenvalue weighted by molar-refractivity contribution is -0.156. The normalized spacial score (nSPS) is 26.7. The zero-order valence-corrected chi connectivity index (χ0v) is 42.6. The van der Waals surface area contributed by atoms with Crippen LogP contribution in [0.1, 0.15) is 130 Å². The Hall–Kier alpha value is -4.73. The molecule has 15 heteroatoms. The van der Waals surface area contributed by atoms with E-state index in [2.05, 4.69) is 84.0 Å². The summed E-state index contributed by atoms with van der Waals surface area (Å²) in [6, 6.07) is 8.96. The Kier molecular flexibility index (Phi) is 14.1. The number of anilines is 1. The van der Waals surface area contributed by atoms with E-state index < -0.39 is 29.1 Å². The highest BCUT2D eigenvalue weighted by molar-refractivity contribution is 5.95. The van der Waals surface area contributed by atoms with Crippen LogP contribution in [0.5, 0.6) is 0 Å². The van der Waals surface area contributed by atoms with E-state index >= 15 is 4.79 Å². The second kappa shape index (κ2) is 19.8. The van der Waals surface area contributed by atoms with E-state index in [4.69, 9.17) is 19.2 Å². The Morgan fingerprint density at radius 3 is 2.54 bits per heavy atom. The number of hydrogen-bond acceptors (Lipinski definition) is 11. The van der Waals surface area contributed by atoms with Crippen molar-refractivity contribution in [2.75, 3.05) is 63.9 Å². The monoisotopic (exact) mass is 951 g/mol. The number of pyridine rings is 1. The van der Waals surface area contributed by atoms with E-state index in [0.717, 1.165) is 85.2 Å². The molecule has 3 amide bonds. The molecule has 5 atom stereocenters. The highest BCUT2D eigenvalue weighted by Crippen LogP contribution is 2.44. The van der Waals surface area contributed by atoms with Crippen molar-refractivity contribution in [2.45, 2.75) is 162 Å². The van der Waals surface area contributed by atoms with Gasteiger partial charge < -0.3 is 33.9 Å². The van der Waals surface area contributed by atoms with Gasteiger partial charge in [0.05, 0.1) is 36.7 Å². The van der Waals surface area contributed by atoms with Crippen molar-refractivity contribution in [1.82, 2.24) is 35.1 Å².